The first-order valence-corrected chi connectivity index (χ1v) is 5.80. The quantitative estimate of drug-likeness (QED) is 0.778. The highest BCUT2D eigenvalue weighted by atomic mass is 32.1. The van der Waals surface area contributed by atoms with E-state index in [2.05, 4.69) is 10.3 Å². The molecule has 92 valence electrons. The van der Waals surface area contributed by atoms with Gasteiger partial charge in [0, 0.05) is 16.6 Å². The molecule has 1 aromatic carbocycles. The Morgan fingerprint density at radius 1 is 1.28 bits per heavy atom. The van der Waals surface area contributed by atoms with Crippen molar-refractivity contribution in [3.63, 3.8) is 0 Å². The van der Waals surface area contributed by atoms with Gasteiger partial charge in [0.15, 0.2) is 10.8 Å². The van der Waals surface area contributed by atoms with Crippen molar-refractivity contribution in [2.45, 2.75) is 0 Å². The molecule has 1 heterocycles. The van der Waals surface area contributed by atoms with Gasteiger partial charge in [-0.1, -0.05) is 0 Å². The molecule has 0 aliphatic carbocycles. The van der Waals surface area contributed by atoms with E-state index in [0.29, 0.717) is 16.4 Å². The normalized spacial score (nSPS) is 10.0. The number of primary amides is 1. The van der Waals surface area contributed by atoms with Crippen LogP contribution in [0.3, 0.4) is 0 Å². The first kappa shape index (κ1) is 12.1. The molecule has 0 spiro atoms. The number of carboxylic acid groups (broad SMARTS) is 1. The second-order valence-electron chi connectivity index (χ2n) is 3.41. The summed E-state index contributed by atoms with van der Waals surface area (Å²) >= 11 is 1.19. The molecule has 2 rings (SSSR count). The minimum atomic E-state index is -1.07. The van der Waals surface area contributed by atoms with E-state index in [1.165, 1.54) is 16.7 Å². The van der Waals surface area contributed by atoms with Crippen molar-refractivity contribution in [3.8, 4) is 0 Å². The SMILES string of the molecule is NC(=O)c1ccc(Nc2nc(C(=O)O)cs2)cc1. The smallest absolute Gasteiger partial charge is 0.355 e. The van der Waals surface area contributed by atoms with Crippen molar-refractivity contribution in [2.24, 2.45) is 5.73 Å². The van der Waals surface area contributed by atoms with Gasteiger partial charge < -0.3 is 16.2 Å². The number of rotatable bonds is 4. The Morgan fingerprint density at radius 3 is 2.44 bits per heavy atom. The van der Waals surface area contributed by atoms with Crippen LogP contribution in [0.15, 0.2) is 29.6 Å². The lowest BCUT2D eigenvalue weighted by atomic mass is 10.2. The highest BCUT2D eigenvalue weighted by Gasteiger charge is 2.08. The molecular formula is C11H9N3O3S. The van der Waals surface area contributed by atoms with Gasteiger partial charge in [0.05, 0.1) is 0 Å². The monoisotopic (exact) mass is 263 g/mol. The largest absolute Gasteiger partial charge is 0.476 e. The number of thiazole rings is 1. The summed E-state index contributed by atoms with van der Waals surface area (Å²) in [5.41, 5.74) is 6.22. The molecule has 1 amide bonds. The summed E-state index contributed by atoms with van der Waals surface area (Å²) in [7, 11) is 0. The number of benzene rings is 1. The number of carbonyl (C=O) groups excluding carboxylic acids is 1. The molecule has 0 fully saturated rings. The van der Waals surface area contributed by atoms with Crippen molar-refractivity contribution in [1.82, 2.24) is 4.98 Å². The van der Waals surface area contributed by atoms with Crippen molar-refractivity contribution in [2.75, 3.05) is 5.32 Å². The lowest BCUT2D eigenvalue weighted by Gasteiger charge is -2.02. The number of nitrogens with zero attached hydrogens (tertiary/aromatic N) is 1. The van der Waals surface area contributed by atoms with Crippen LogP contribution in [-0.2, 0) is 0 Å². The summed E-state index contributed by atoms with van der Waals surface area (Å²) in [5.74, 6) is -1.56. The third-order valence-corrected chi connectivity index (χ3v) is 2.90. The number of hydrogen-bond acceptors (Lipinski definition) is 5. The third-order valence-electron chi connectivity index (χ3n) is 2.14. The van der Waals surface area contributed by atoms with E-state index in [1.807, 2.05) is 0 Å². The first-order valence-electron chi connectivity index (χ1n) is 4.92. The summed E-state index contributed by atoms with van der Waals surface area (Å²) in [6.07, 6.45) is 0. The number of nitrogens with two attached hydrogens (primary N) is 1. The van der Waals surface area contributed by atoms with Crippen molar-refractivity contribution in [3.05, 3.63) is 40.9 Å². The van der Waals surface area contributed by atoms with E-state index >= 15 is 0 Å². The van der Waals surface area contributed by atoms with Gasteiger partial charge in [-0.25, -0.2) is 9.78 Å². The summed E-state index contributed by atoms with van der Waals surface area (Å²) < 4.78 is 0. The molecule has 0 saturated carbocycles. The summed E-state index contributed by atoms with van der Waals surface area (Å²) in [6.45, 7) is 0. The fourth-order valence-electron chi connectivity index (χ4n) is 1.27. The standard InChI is InChI=1S/C11H9N3O3S/c12-9(15)6-1-3-7(4-2-6)13-11-14-8(5-18-11)10(16)17/h1-5H,(H2,12,15)(H,13,14)(H,16,17). The van der Waals surface area contributed by atoms with Crippen LogP contribution in [0.5, 0.6) is 0 Å². The van der Waals surface area contributed by atoms with Crippen LogP contribution in [0.4, 0.5) is 10.8 Å². The first-order chi connectivity index (χ1) is 8.56. The van der Waals surface area contributed by atoms with Crippen LogP contribution in [0.2, 0.25) is 0 Å². The van der Waals surface area contributed by atoms with Crippen LogP contribution in [0, 0.1) is 0 Å². The molecule has 0 unspecified atom stereocenters. The van der Waals surface area contributed by atoms with E-state index in [9.17, 15) is 9.59 Å². The van der Waals surface area contributed by atoms with Crippen LogP contribution in [0.25, 0.3) is 0 Å². The van der Waals surface area contributed by atoms with E-state index in [4.69, 9.17) is 10.8 Å². The second-order valence-corrected chi connectivity index (χ2v) is 4.27. The number of carbonyl (C=O) groups is 2. The minimum Gasteiger partial charge on any atom is -0.476 e. The molecule has 0 bridgehead atoms. The number of carboxylic acids is 1. The Balaban J connectivity index is 2.13. The Labute approximate surface area is 106 Å². The molecule has 7 heteroatoms. The Kier molecular flexibility index (Phi) is 3.24. The Bertz CT molecular complexity index is 592. The molecule has 6 nitrogen and oxygen atoms in total. The van der Waals surface area contributed by atoms with Crippen molar-refractivity contribution in [1.29, 1.82) is 0 Å². The Morgan fingerprint density at radius 2 is 1.94 bits per heavy atom. The van der Waals surface area contributed by atoms with Gasteiger partial charge in [-0.15, -0.1) is 11.3 Å². The van der Waals surface area contributed by atoms with Crippen molar-refractivity contribution >= 4 is 34.0 Å². The molecule has 2 aromatic rings. The second kappa shape index (κ2) is 4.84. The molecule has 0 aliphatic rings. The molecule has 0 saturated heterocycles. The average molecular weight is 263 g/mol. The Hall–Kier alpha value is -2.41. The zero-order valence-corrected chi connectivity index (χ0v) is 9.90. The molecule has 0 aliphatic heterocycles. The summed E-state index contributed by atoms with van der Waals surface area (Å²) in [4.78, 5) is 25.4. The van der Waals surface area contributed by atoms with Crippen LogP contribution >= 0.6 is 11.3 Å². The number of anilines is 2. The molecule has 18 heavy (non-hydrogen) atoms. The minimum absolute atomic E-state index is 0.00347. The predicted octanol–water partition coefficient (Wildman–Crippen LogP) is 1.68. The highest BCUT2D eigenvalue weighted by molar-refractivity contribution is 7.14. The molecule has 0 radical (unpaired) electrons. The van der Waals surface area contributed by atoms with Gasteiger partial charge in [0.25, 0.3) is 0 Å². The number of aromatic carboxylic acids is 1. The molecular weight excluding hydrogens is 254 g/mol. The number of nitrogens with one attached hydrogen (secondary N) is 1. The van der Waals surface area contributed by atoms with Crippen LogP contribution in [0.1, 0.15) is 20.8 Å². The van der Waals surface area contributed by atoms with Crippen LogP contribution < -0.4 is 11.1 Å². The lowest BCUT2D eigenvalue weighted by molar-refractivity contribution is 0.0691. The maximum Gasteiger partial charge on any atom is 0.355 e. The van der Waals surface area contributed by atoms with Crippen LogP contribution in [-0.4, -0.2) is 22.0 Å². The fraction of sp³-hybridized carbons (Fsp3) is 0. The summed E-state index contributed by atoms with van der Waals surface area (Å²) in [6, 6.07) is 6.50. The average Bonchev–Trinajstić information content (AvgIpc) is 2.78. The van der Waals surface area contributed by atoms with Gasteiger partial charge in [0.1, 0.15) is 0 Å². The topological polar surface area (TPSA) is 105 Å². The predicted molar refractivity (Wildman–Crippen MR) is 67.3 cm³/mol. The zero-order valence-electron chi connectivity index (χ0n) is 9.08. The van der Waals surface area contributed by atoms with Gasteiger partial charge in [0.2, 0.25) is 5.91 Å². The van der Waals surface area contributed by atoms with Gasteiger partial charge in [-0.3, -0.25) is 4.79 Å². The zero-order chi connectivity index (χ0) is 13.1. The molecule has 4 N–H and O–H groups in total. The van der Waals surface area contributed by atoms with E-state index < -0.39 is 11.9 Å². The maximum atomic E-state index is 10.9. The third kappa shape index (κ3) is 2.64. The fourth-order valence-corrected chi connectivity index (χ4v) is 1.98. The van der Waals surface area contributed by atoms with E-state index in [-0.39, 0.29) is 5.69 Å². The summed E-state index contributed by atoms with van der Waals surface area (Å²) in [5, 5.41) is 13.6. The van der Waals surface area contributed by atoms with E-state index in [1.54, 1.807) is 24.3 Å². The molecule has 1 aromatic heterocycles. The maximum absolute atomic E-state index is 10.9. The number of hydrogen-bond donors (Lipinski definition) is 3. The highest BCUT2D eigenvalue weighted by Crippen LogP contribution is 2.21. The number of aromatic nitrogens is 1. The number of amides is 1. The van der Waals surface area contributed by atoms with Gasteiger partial charge in [-0.2, -0.15) is 0 Å². The lowest BCUT2D eigenvalue weighted by Crippen LogP contribution is -2.10. The van der Waals surface area contributed by atoms with Gasteiger partial charge >= 0.3 is 5.97 Å². The van der Waals surface area contributed by atoms with E-state index in [0.717, 1.165) is 0 Å². The molecule has 0 atom stereocenters. The van der Waals surface area contributed by atoms with Gasteiger partial charge in [-0.05, 0) is 24.3 Å². The van der Waals surface area contributed by atoms with Crippen molar-refractivity contribution < 1.29 is 14.7 Å².